The molecule has 1 aliphatic carbocycles. The summed E-state index contributed by atoms with van der Waals surface area (Å²) in [4.78, 5) is 31.8. The molecule has 0 saturated heterocycles. The van der Waals surface area contributed by atoms with Crippen LogP contribution in [0, 0.1) is 24.5 Å². The average Bonchev–Trinajstić information content (AvgIpc) is 3.48. The lowest BCUT2D eigenvalue weighted by Gasteiger charge is -2.31. The quantitative estimate of drug-likeness (QED) is 0.239. The number of benzene rings is 2. The molecule has 2 aromatic heterocycles. The van der Waals surface area contributed by atoms with E-state index >= 15 is 0 Å². The van der Waals surface area contributed by atoms with E-state index in [-0.39, 0.29) is 29.1 Å². The minimum atomic E-state index is -0.548. The van der Waals surface area contributed by atoms with Crippen LogP contribution in [-0.4, -0.2) is 21.1 Å². The van der Waals surface area contributed by atoms with Gasteiger partial charge in [-0.05, 0) is 80.6 Å². The Bertz CT molecular complexity index is 1460. The summed E-state index contributed by atoms with van der Waals surface area (Å²) in [5.41, 5.74) is 2.02. The Morgan fingerprint density at radius 2 is 1.89 bits per heavy atom. The van der Waals surface area contributed by atoms with Gasteiger partial charge in [0.05, 0.1) is 21.5 Å². The molecule has 0 unspecified atom stereocenters. The number of rotatable bonds is 7. The van der Waals surface area contributed by atoms with Gasteiger partial charge in [0.25, 0.3) is 0 Å². The van der Waals surface area contributed by atoms with Crippen LogP contribution < -0.4 is 0 Å². The molecule has 7 heteroatoms. The van der Waals surface area contributed by atoms with Crippen molar-refractivity contribution in [2.75, 3.05) is 0 Å². The van der Waals surface area contributed by atoms with Crippen LogP contribution in [0.3, 0.4) is 0 Å². The van der Waals surface area contributed by atoms with Gasteiger partial charge >= 0.3 is 0 Å². The van der Waals surface area contributed by atoms with Crippen molar-refractivity contribution in [3.63, 3.8) is 0 Å². The fourth-order valence-corrected chi connectivity index (χ4v) is 6.15. The van der Waals surface area contributed by atoms with Crippen molar-refractivity contribution >= 4 is 33.9 Å². The average molecular weight is 507 g/mol. The molecule has 1 fully saturated rings. The third-order valence-electron chi connectivity index (χ3n) is 7.11. The number of aromatic nitrogens is 2. The van der Waals surface area contributed by atoms with E-state index in [0.717, 1.165) is 53.1 Å². The first-order valence-corrected chi connectivity index (χ1v) is 13.3. The van der Waals surface area contributed by atoms with Gasteiger partial charge in [-0.15, -0.1) is 11.3 Å². The second-order valence-electron chi connectivity index (χ2n) is 9.63. The number of Topliss-reactive ketones (excluding diaryl/α,β-unsaturated/α-hetero) is 2. The van der Waals surface area contributed by atoms with Crippen molar-refractivity contribution in [1.82, 2.24) is 9.55 Å². The normalized spacial score (nSPS) is 18.0. The first-order valence-electron chi connectivity index (χ1n) is 12.4. The predicted octanol–water partition coefficient (Wildman–Crippen LogP) is 7.95. The van der Waals surface area contributed by atoms with Crippen LogP contribution in [0.1, 0.15) is 76.4 Å². The zero-order chi connectivity index (χ0) is 25.4. The zero-order valence-corrected chi connectivity index (χ0v) is 21.2. The van der Waals surface area contributed by atoms with Crippen molar-refractivity contribution in [3.8, 4) is 11.4 Å². The number of hydrogen-bond acceptors (Lipinski definition) is 4. The molecule has 0 spiro atoms. The second-order valence-corrected chi connectivity index (χ2v) is 10.9. The van der Waals surface area contributed by atoms with E-state index in [9.17, 15) is 18.4 Å². The first kappa shape index (κ1) is 24.5. The summed E-state index contributed by atoms with van der Waals surface area (Å²) < 4.78 is 31.1. The minimum Gasteiger partial charge on any atom is -0.321 e. The summed E-state index contributed by atoms with van der Waals surface area (Å²) in [6, 6.07) is 12.6. The van der Waals surface area contributed by atoms with Crippen LogP contribution in [0.15, 0.2) is 48.5 Å². The molecule has 0 N–H and O–H groups in total. The maximum absolute atomic E-state index is 14.9. The fourth-order valence-electron chi connectivity index (χ4n) is 5.33. The Balaban J connectivity index is 1.54. The molecule has 0 aliphatic heterocycles. The van der Waals surface area contributed by atoms with E-state index in [2.05, 4.69) is 0 Å². The first-order chi connectivity index (χ1) is 17.3. The van der Waals surface area contributed by atoms with Crippen molar-refractivity contribution in [2.45, 2.75) is 58.4 Å². The van der Waals surface area contributed by atoms with Crippen molar-refractivity contribution in [1.29, 1.82) is 0 Å². The monoisotopic (exact) mass is 506 g/mol. The molecule has 4 nitrogen and oxygen atoms in total. The van der Waals surface area contributed by atoms with Gasteiger partial charge in [0.2, 0.25) is 0 Å². The lowest BCUT2D eigenvalue weighted by atomic mass is 9.82. The lowest BCUT2D eigenvalue weighted by Crippen LogP contribution is -2.22. The van der Waals surface area contributed by atoms with Gasteiger partial charge in [-0.25, -0.2) is 13.8 Å². The van der Waals surface area contributed by atoms with E-state index in [4.69, 9.17) is 4.98 Å². The molecular formula is C29H28F2N2O2S. The summed E-state index contributed by atoms with van der Waals surface area (Å²) in [6.45, 7) is 3.80. The molecule has 0 radical (unpaired) electrons. The van der Waals surface area contributed by atoms with Crippen LogP contribution in [0.2, 0.25) is 0 Å². The minimum absolute atomic E-state index is 0.00462. The number of carbonyl (C=O) groups is 2. The largest absolute Gasteiger partial charge is 0.321 e. The molecule has 2 heterocycles. The summed E-state index contributed by atoms with van der Waals surface area (Å²) in [6.07, 6.45) is 4.35. The molecule has 186 valence electrons. The summed E-state index contributed by atoms with van der Waals surface area (Å²) in [5, 5.41) is 0. The van der Waals surface area contributed by atoms with Crippen LogP contribution in [0.4, 0.5) is 8.78 Å². The number of hydrogen-bond donors (Lipinski definition) is 0. The SMILES string of the molecule is CCC(=O)c1ccc2c(c1)nc(-c1cc(F)ccc1F)n2[C@H]1CCC[C@@H](CC(=O)c2ccc(C)s2)C1. The highest BCUT2D eigenvalue weighted by Gasteiger charge is 2.30. The predicted molar refractivity (Wildman–Crippen MR) is 139 cm³/mol. The van der Waals surface area contributed by atoms with Gasteiger partial charge in [-0.3, -0.25) is 9.59 Å². The van der Waals surface area contributed by atoms with Gasteiger partial charge < -0.3 is 4.57 Å². The molecule has 0 amide bonds. The summed E-state index contributed by atoms with van der Waals surface area (Å²) >= 11 is 1.52. The standard InChI is InChI=1S/C29H28F2N2O2S/c1-3-26(34)19-8-11-25-24(15-19)32-29(22-16-20(30)9-10-23(22)31)33(25)21-6-4-5-18(13-21)14-27(35)28-12-7-17(2)36-28/h7-12,15-16,18,21H,3-6,13-14H2,1-2H3/t18-,21+/m1/s1. The third kappa shape index (κ3) is 4.76. The topological polar surface area (TPSA) is 52.0 Å². The van der Waals surface area contributed by atoms with E-state index in [1.54, 1.807) is 19.1 Å². The molecule has 4 aromatic rings. The van der Waals surface area contributed by atoms with Crippen molar-refractivity contribution < 1.29 is 18.4 Å². The number of aryl methyl sites for hydroxylation is 1. The van der Waals surface area contributed by atoms with Crippen molar-refractivity contribution in [2.24, 2.45) is 5.92 Å². The molecule has 0 bridgehead atoms. The summed E-state index contributed by atoms with van der Waals surface area (Å²) in [5.74, 6) is -0.367. The maximum Gasteiger partial charge on any atom is 0.173 e. The van der Waals surface area contributed by atoms with Crippen LogP contribution in [0.5, 0.6) is 0 Å². The molecule has 5 rings (SSSR count). The Morgan fingerprint density at radius 1 is 1.06 bits per heavy atom. The molecule has 1 aliphatic rings. The highest BCUT2D eigenvalue weighted by Crippen LogP contribution is 2.40. The number of thiophene rings is 1. The van der Waals surface area contributed by atoms with Gasteiger partial charge in [-0.2, -0.15) is 0 Å². The zero-order valence-electron chi connectivity index (χ0n) is 20.4. The van der Waals surface area contributed by atoms with E-state index < -0.39 is 11.6 Å². The highest BCUT2D eigenvalue weighted by molar-refractivity contribution is 7.14. The summed E-state index contributed by atoms with van der Waals surface area (Å²) in [7, 11) is 0. The van der Waals surface area contributed by atoms with E-state index in [1.165, 1.54) is 17.4 Å². The maximum atomic E-state index is 14.9. The Labute approximate surface area is 213 Å². The second kappa shape index (κ2) is 10.1. The van der Waals surface area contributed by atoms with Gasteiger partial charge in [0, 0.05) is 29.3 Å². The molecule has 1 saturated carbocycles. The number of fused-ring (bicyclic) bond motifs is 1. The van der Waals surface area contributed by atoms with Gasteiger partial charge in [0.15, 0.2) is 11.6 Å². The molecule has 36 heavy (non-hydrogen) atoms. The Morgan fingerprint density at radius 3 is 2.64 bits per heavy atom. The Kier molecular flexibility index (Phi) is 6.84. The molecular weight excluding hydrogens is 478 g/mol. The van der Waals surface area contributed by atoms with Crippen LogP contribution >= 0.6 is 11.3 Å². The van der Waals surface area contributed by atoms with Crippen LogP contribution in [-0.2, 0) is 0 Å². The number of carbonyl (C=O) groups excluding carboxylic acids is 2. The fraction of sp³-hybridized carbons (Fsp3) is 0.345. The third-order valence-corrected chi connectivity index (χ3v) is 8.15. The van der Waals surface area contributed by atoms with Gasteiger partial charge in [0.1, 0.15) is 17.5 Å². The molecule has 2 atom stereocenters. The van der Waals surface area contributed by atoms with Crippen LogP contribution in [0.25, 0.3) is 22.4 Å². The highest BCUT2D eigenvalue weighted by atomic mass is 32.1. The number of ketones is 2. The lowest BCUT2D eigenvalue weighted by molar-refractivity contribution is 0.0944. The van der Waals surface area contributed by atoms with E-state index in [1.807, 2.05) is 29.7 Å². The smallest absolute Gasteiger partial charge is 0.173 e. The number of halogens is 2. The van der Waals surface area contributed by atoms with E-state index in [0.29, 0.717) is 29.7 Å². The van der Waals surface area contributed by atoms with Crippen molar-refractivity contribution in [3.05, 3.63) is 75.5 Å². The Hall–Kier alpha value is -3.19. The molecule has 2 aromatic carbocycles. The number of imidazole rings is 1. The van der Waals surface area contributed by atoms with Gasteiger partial charge in [-0.1, -0.05) is 13.3 Å². The number of nitrogens with zero attached hydrogens (tertiary/aromatic N) is 2.